The van der Waals surface area contributed by atoms with Crippen LogP contribution in [-0.2, 0) is 11.2 Å². The van der Waals surface area contributed by atoms with Gasteiger partial charge in [-0.15, -0.1) is 0 Å². The summed E-state index contributed by atoms with van der Waals surface area (Å²) in [5, 5.41) is 9.40. The van der Waals surface area contributed by atoms with Gasteiger partial charge in [-0.05, 0) is 30.4 Å². The highest BCUT2D eigenvalue weighted by molar-refractivity contribution is 7.71. The van der Waals surface area contributed by atoms with Crippen LogP contribution in [0.15, 0.2) is 29.2 Å². The molecule has 104 valence electrons. The number of carbonyl (C=O) groups is 1. The minimum absolute atomic E-state index is 0.0946. The van der Waals surface area contributed by atoms with Crippen LogP contribution in [-0.4, -0.2) is 20.6 Å². The smallest absolute Gasteiger partial charge is 0.308 e. The second kappa shape index (κ2) is 5.78. The van der Waals surface area contributed by atoms with Gasteiger partial charge in [0, 0.05) is 11.8 Å². The molecule has 20 heavy (non-hydrogen) atoms. The Bertz CT molecular complexity index is 798. The zero-order chi connectivity index (χ0) is 14.9. The van der Waals surface area contributed by atoms with Crippen LogP contribution in [0.5, 0.6) is 0 Å². The van der Waals surface area contributed by atoms with Crippen molar-refractivity contribution in [3.05, 3.63) is 55.1 Å². The van der Waals surface area contributed by atoms with Crippen molar-refractivity contribution in [1.29, 1.82) is 0 Å². The maximum absolute atomic E-state index is 12.3. The fourth-order valence-corrected chi connectivity index (χ4v) is 2.20. The lowest BCUT2D eigenvalue weighted by molar-refractivity contribution is -0.136. The summed E-state index contributed by atoms with van der Waals surface area (Å²) in [6, 6.07) is 4.59. The lowest BCUT2D eigenvalue weighted by Crippen LogP contribution is -2.25. The van der Waals surface area contributed by atoms with Crippen molar-refractivity contribution in [2.45, 2.75) is 6.42 Å². The molecule has 0 amide bonds. The number of halogens is 2. The summed E-state index contributed by atoms with van der Waals surface area (Å²) in [5.41, 5.74) is 0.00426. The number of benzene rings is 1. The molecule has 0 saturated heterocycles. The van der Waals surface area contributed by atoms with Crippen molar-refractivity contribution in [1.82, 2.24) is 9.55 Å². The number of carboxylic acids is 1. The second-order valence-corrected chi connectivity index (χ2v) is 5.13. The van der Waals surface area contributed by atoms with Gasteiger partial charge < -0.3 is 10.1 Å². The van der Waals surface area contributed by atoms with Gasteiger partial charge in [-0.2, -0.15) is 0 Å². The van der Waals surface area contributed by atoms with Crippen LogP contribution in [0.4, 0.5) is 0 Å². The molecule has 0 aliphatic carbocycles. The molecule has 0 aliphatic heterocycles. The Balaban J connectivity index is 2.67. The number of nitrogens with zero attached hydrogens (tertiary/aromatic N) is 1. The molecule has 2 rings (SSSR count). The Hall–Kier alpha value is -1.63. The molecule has 2 N–H and O–H groups in total. The zero-order valence-electron chi connectivity index (χ0n) is 9.89. The van der Waals surface area contributed by atoms with Crippen molar-refractivity contribution in [2.24, 2.45) is 0 Å². The maximum Gasteiger partial charge on any atom is 0.308 e. The van der Waals surface area contributed by atoms with Gasteiger partial charge in [0.25, 0.3) is 5.56 Å². The molecule has 0 aliphatic rings. The summed E-state index contributed by atoms with van der Waals surface area (Å²) in [7, 11) is 0. The van der Waals surface area contributed by atoms with Crippen molar-refractivity contribution < 1.29 is 9.90 Å². The summed E-state index contributed by atoms with van der Waals surface area (Å²) >= 11 is 16.8. The Labute approximate surface area is 128 Å². The van der Waals surface area contributed by atoms with Crippen molar-refractivity contribution >= 4 is 41.4 Å². The van der Waals surface area contributed by atoms with Gasteiger partial charge in [-0.1, -0.05) is 23.2 Å². The zero-order valence-corrected chi connectivity index (χ0v) is 12.2. The number of aliphatic carboxylic acids is 1. The number of nitrogens with one attached hydrogen (secondary N) is 1. The van der Waals surface area contributed by atoms with Crippen molar-refractivity contribution in [2.75, 3.05) is 0 Å². The van der Waals surface area contributed by atoms with Crippen LogP contribution >= 0.6 is 35.4 Å². The number of hydrogen-bond donors (Lipinski definition) is 2. The van der Waals surface area contributed by atoms with E-state index in [9.17, 15) is 9.59 Å². The molecule has 0 radical (unpaired) electrons. The minimum Gasteiger partial charge on any atom is -0.481 e. The SMILES string of the molecule is O=C(O)Cc1c[nH]c(=S)n(-c2ccc(Cl)c(Cl)c2)c1=O. The Morgan fingerprint density at radius 1 is 1.35 bits per heavy atom. The molecular formula is C12H8Cl2N2O3S. The molecule has 1 aromatic heterocycles. The normalized spacial score (nSPS) is 10.5. The van der Waals surface area contributed by atoms with E-state index in [2.05, 4.69) is 4.98 Å². The molecule has 0 saturated carbocycles. The molecule has 0 bridgehead atoms. The molecule has 1 aromatic carbocycles. The van der Waals surface area contributed by atoms with E-state index in [0.29, 0.717) is 10.7 Å². The molecule has 2 aromatic rings. The van der Waals surface area contributed by atoms with E-state index in [1.165, 1.54) is 22.9 Å². The Kier molecular flexibility index (Phi) is 4.27. The highest BCUT2D eigenvalue weighted by atomic mass is 35.5. The fraction of sp³-hybridized carbons (Fsp3) is 0.0833. The van der Waals surface area contributed by atoms with E-state index in [1.54, 1.807) is 6.07 Å². The van der Waals surface area contributed by atoms with E-state index in [1.807, 2.05) is 0 Å². The topological polar surface area (TPSA) is 75.1 Å². The maximum atomic E-state index is 12.3. The van der Waals surface area contributed by atoms with E-state index in [-0.39, 0.29) is 15.4 Å². The molecule has 0 atom stereocenters. The van der Waals surface area contributed by atoms with E-state index < -0.39 is 17.9 Å². The first-order chi connectivity index (χ1) is 9.40. The van der Waals surface area contributed by atoms with Crippen LogP contribution in [0, 0.1) is 4.77 Å². The average molecular weight is 331 g/mol. The first kappa shape index (κ1) is 14.8. The highest BCUT2D eigenvalue weighted by Crippen LogP contribution is 2.23. The first-order valence-electron chi connectivity index (χ1n) is 5.41. The number of rotatable bonds is 3. The minimum atomic E-state index is -1.10. The van der Waals surface area contributed by atoms with Crippen LogP contribution in [0.25, 0.3) is 5.69 Å². The third-order valence-electron chi connectivity index (χ3n) is 2.55. The monoisotopic (exact) mass is 330 g/mol. The van der Waals surface area contributed by atoms with Gasteiger partial charge in [0.2, 0.25) is 0 Å². The van der Waals surface area contributed by atoms with E-state index in [0.717, 1.165) is 0 Å². The molecular weight excluding hydrogens is 323 g/mol. The van der Waals surface area contributed by atoms with Crippen LogP contribution in [0.2, 0.25) is 10.0 Å². The molecule has 8 heteroatoms. The van der Waals surface area contributed by atoms with Crippen molar-refractivity contribution in [3.8, 4) is 5.69 Å². The average Bonchev–Trinajstić information content (AvgIpc) is 2.37. The van der Waals surface area contributed by atoms with Crippen LogP contribution in [0.3, 0.4) is 0 Å². The Morgan fingerprint density at radius 2 is 2.05 bits per heavy atom. The van der Waals surface area contributed by atoms with E-state index in [4.69, 9.17) is 40.5 Å². The molecule has 0 unspecified atom stereocenters. The quantitative estimate of drug-likeness (QED) is 0.848. The summed E-state index contributed by atoms with van der Waals surface area (Å²) in [6.07, 6.45) is 0.902. The lowest BCUT2D eigenvalue weighted by atomic mass is 10.2. The summed E-state index contributed by atoms with van der Waals surface area (Å²) in [5.74, 6) is -1.10. The van der Waals surface area contributed by atoms with E-state index >= 15 is 0 Å². The predicted molar refractivity (Wildman–Crippen MR) is 78.6 cm³/mol. The Morgan fingerprint density at radius 3 is 2.65 bits per heavy atom. The van der Waals surface area contributed by atoms with Gasteiger partial charge in [0.15, 0.2) is 4.77 Å². The first-order valence-corrected chi connectivity index (χ1v) is 6.57. The second-order valence-electron chi connectivity index (χ2n) is 3.93. The summed E-state index contributed by atoms with van der Waals surface area (Å²) < 4.78 is 1.32. The van der Waals surface area contributed by atoms with Gasteiger partial charge in [0.05, 0.1) is 22.2 Å². The van der Waals surface area contributed by atoms with Gasteiger partial charge in [-0.3, -0.25) is 14.2 Å². The van der Waals surface area contributed by atoms with Crippen LogP contribution in [0.1, 0.15) is 5.56 Å². The third-order valence-corrected chi connectivity index (χ3v) is 3.59. The standard InChI is InChI=1S/C12H8Cl2N2O3S/c13-8-2-1-7(4-9(8)14)16-11(19)6(3-10(17)18)5-15-12(16)20/h1-2,4-5H,3H2,(H,15,20)(H,17,18). The third kappa shape index (κ3) is 2.92. The van der Waals surface area contributed by atoms with Gasteiger partial charge in [-0.25, -0.2) is 0 Å². The van der Waals surface area contributed by atoms with Gasteiger partial charge >= 0.3 is 5.97 Å². The molecule has 0 fully saturated rings. The molecule has 1 heterocycles. The predicted octanol–water partition coefficient (Wildman–Crippen LogP) is 2.83. The lowest BCUT2D eigenvalue weighted by Gasteiger charge is -2.08. The molecule has 0 spiro atoms. The summed E-state index contributed by atoms with van der Waals surface area (Å²) in [6.45, 7) is 0. The fourth-order valence-electron chi connectivity index (χ4n) is 1.66. The number of aromatic amines is 1. The van der Waals surface area contributed by atoms with Crippen LogP contribution < -0.4 is 5.56 Å². The number of aromatic nitrogens is 2. The highest BCUT2D eigenvalue weighted by Gasteiger charge is 2.11. The van der Waals surface area contributed by atoms with Crippen molar-refractivity contribution in [3.63, 3.8) is 0 Å². The number of carboxylic acid groups (broad SMARTS) is 1. The number of H-pyrrole nitrogens is 1. The molecule has 5 nitrogen and oxygen atoms in total. The van der Waals surface area contributed by atoms with Gasteiger partial charge in [0.1, 0.15) is 0 Å². The summed E-state index contributed by atoms with van der Waals surface area (Å²) in [4.78, 5) is 25.7. The number of hydrogen-bond acceptors (Lipinski definition) is 3. The largest absolute Gasteiger partial charge is 0.481 e.